The Hall–Kier alpha value is -2.31. The van der Waals surface area contributed by atoms with Crippen LogP contribution >= 0.6 is 0 Å². The largest absolute Gasteiger partial charge is 0.378 e. The van der Waals surface area contributed by atoms with Gasteiger partial charge >= 0.3 is 0 Å². The van der Waals surface area contributed by atoms with Gasteiger partial charge in [0.25, 0.3) is 0 Å². The molecule has 0 radical (unpaired) electrons. The zero-order valence-corrected chi connectivity index (χ0v) is 14.7. The van der Waals surface area contributed by atoms with Crippen molar-refractivity contribution in [2.45, 2.75) is 25.4 Å². The maximum atomic E-state index is 13.2. The Morgan fingerprint density at radius 1 is 1.27 bits per heavy atom. The van der Waals surface area contributed by atoms with Gasteiger partial charge in [-0.05, 0) is 29.8 Å². The topological polar surface area (TPSA) is 54.5 Å². The van der Waals surface area contributed by atoms with Crippen molar-refractivity contribution >= 4 is 5.91 Å². The minimum absolute atomic E-state index is 0.0434. The van der Waals surface area contributed by atoms with E-state index >= 15 is 0 Å². The number of benzene rings is 1. The molecule has 1 N–H and O–H groups in total. The summed E-state index contributed by atoms with van der Waals surface area (Å²) in [4.78, 5) is 19.0. The Morgan fingerprint density at radius 3 is 2.81 bits per heavy atom. The summed E-state index contributed by atoms with van der Waals surface area (Å²) in [5.41, 5.74) is 1.86. The lowest BCUT2D eigenvalue weighted by Crippen LogP contribution is -2.45. The number of rotatable bonds is 7. The highest BCUT2D eigenvalue weighted by atomic mass is 19.1. The fourth-order valence-electron chi connectivity index (χ4n) is 2.99. The SMILES string of the molecule is O=C(CC1COCCN1)N(CCc1ccccn1)Cc1ccc(F)cc1. The quantitative estimate of drug-likeness (QED) is 0.825. The van der Waals surface area contributed by atoms with Gasteiger partial charge in [-0.1, -0.05) is 18.2 Å². The molecular weight excluding hydrogens is 333 g/mol. The molecule has 1 aliphatic heterocycles. The van der Waals surface area contributed by atoms with Crippen LogP contribution in [-0.2, 0) is 22.5 Å². The van der Waals surface area contributed by atoms with E-state index in [2.05, 4.69) is 10.3 Å². The van der Waals surface area contributed by atoms with Crippen molar-refractivity contribution in [2.24, 2.45) is 0 Å². The first-order chi connectivity index (χ1) is 12.7. The van der Waals surface area contributed by atoms with Gasteiger partial charge in [0.1, 0.15) is 5.82 Å². The smallest absolute Gasteiger partial charge is 0.224 e. The van der Waals surface area contributed by atoms with E-state index in [-0.39, 0.29) is 17.8 Å². The van der Waals surface area contributed by atoms with Gasteiger partial charge < -0.3 is 15.0 Å². The number of carbonyl (C=O) groups is 1. The lowest BCUT2D eigenvalue weighted by molar-refractivity contribution is -0.133. The monoisotopic (exact) mass is 357 g/mol. The summed E-state index contributed by atoms with van der Waals surface area (Å²) in [6.07, 6.45) is 2.83. The van der Waals surface area contributed by atoms with Gasteiger partial charge in [-0.25, -0.2) is 4.39 Å². The van der Waals surface area contributed by atoms with E-state index in [4.69, 9.17) is 4.74 Å². The second-order valence-corrected chi connectivity index (χ2v) is 6.44. The Kier molecular flexibility index (Phi) is 6.68. The molecule has 2 aromatic rings. The van der Waals surface area contributed by atoms with Gasteiger partial charge in [0.2, 0.25) is 5.91 Å². The number of aromatic nitrogens is 1. The molecule has 0 bridgehead atoms. The Balaban J connectivity index is 1.64. The van der Waals surface area contributed by atoms with Crippen LogP contribution < -0.4 is 5.32 Å². The van der Waals surface area contributed by atoms with E-state index in [1.54, 1.807) is 18.3 Å². The van der Waals surface area contributed by atoms with Crippen LogP contribution in [0.1, 0.15) is 17.7 Å². The Morgan fingerprint density at radius 2 is 2.12 bits per heavy atom. The number of nitrogens with one attached hydrogen (secondary N) is 1. The molecule has 1 atom stereocenters. The third-order valence-corrected chi connectivity index (χ3v) is 4.42. The van der Waals surface area contributed by atoms with Crippen LogP contribution in [-0.4, -0.2) is 48.1 Å². The molecule has 1 amide bonds. The highest BCUT2D eigenvalue weighted by Crippen LogP contribution is 2.11. The molecule has 3 rings (SSSR count). The maximum Gasteiger partial charge on any atom is 0.224 e. The van der Waals surface area contributed by atoms with Gasteiger partial charge in [-0.15, -0.1) is 0 Å². The zero-order valence-electron chi connectivity index (χ0n) is 14.7. The number of carbonyl (C=O) groups excluding carboxylic acids is 1. The van der Waals surface area contributed by atoms with E-state index in [9.17, 15) is 9.18 Å². The first-order valence-corrected chi connectivity index (χ1v) is 8.94. The number of pyridine rings is 1. The molecule has 0 saturated carbocycles. The number of hydrogen-bond acceptors (Lipinski definition) is 4. The van der Waals surface area contributed by atoms with Crippen LogP contribution in [0.25, 0.3) is 0 Å². The van der Waals surface area contributed by atoms with Crippen LogP contribution in [0.2, 0.25) is 0 Å². The van der Waals surface area contributed by atoms with Crippen molar-refractivity contribution in [1.82, 2.24) is 15.2 Å². The standard InChI is InChI=1S/C20H24FN3O2/c21-17-6-4-16(5-7-17)14-24(11-8-18-3-1-2-9-22-18)20(25)13-19-15-26-12-10-23-19/h1-7,9,19,23H,8,10-15H2. The summed E-state index contributed by atoms with van der Waals surface area (Å²) in [6, 6.07) is 12.1. The van der Waals surface area contributed by atoms with Gasteiger partial charge in [-0.2, -0.15) is 0 Å². The average molecular weight is 357 g/mol. The predicted octanol–water partition coefficient (Wildman–Crippen LogP) is 2.17. The molecule has 1 aromatic carbocycles. The lowest BCUT2D eigenvalue weighted by atomic mass is 10.1. The molecule has 2 heterocycles. The van der Waals surface area contributed by atoms with Crippen LogP contribution in [0.4, 0.5) is 4.39 Å². The second-order valence-electron chi connectivity index (χ2n) is 6.44. The summed E-state index contributed by atoms with van der Waals surface area (Å²) in [5, 5.41) is 3.32. The summed E-state index contributed by atoms with van der Waals surface area (Å²) in [7, 11) is 0. The first-order valence-electron chi connectivity index (χ1n) is 8.94. The fourth-order valence-corrected chi connectivity index (χ4v) is 2.99. The van der Waals surface area contributed by atoms with Gasteiger partial charge in [-0.3, -0.25) is 9.78 Å². The summed E-state index contributed by atoms with van der Waals surface area (Å²) in [6.45, 7) is 3.03. The molecule has 1 saturated heterocycles. The Labute approximate surface area is 153 Å². The highest BCUT2D eigenvalue weighted by molar-refractivity contribution is 5.77. The van der Waals surface area contributed by atoms with Crippen LogP contribution in [0.15, 0.2) is 48.7 Å². The molecular formula is C20H24FN3O2. The lowest BCUT2D eigenvalue weighted by Gasteiger charge is -2.28. The molecule has 1 aliphatic rings. The Bertz CT molecular complexity index is 688. The van der Waals surface area contributed by atoms with E-state index in [0.717, 1.165) is 17.8 Å². The molecule has 1 unspecified atom stereocenters. The summed E-state index contributed by atoms with van der Waals surface area (Å²) < 4.78 is 18.6. The van der Waals surface area contributed by atoms with E-state index in [0.29, 0.717) is 39.1 Å². The van der Waals surface area contributed by atoms with E-state index in [1.807, 2.05) is 23.1 Å². The van der Waals surface area contributed by atoms with Crippen molar-refractivity contribution in [3.8, 4) is 0 Å². The number of nitrogens with zero attached hydrogens (tertiary/aromatic N) is 2. The van der Waals surface area contributed by atoms with Crippen LogP contribution in [0.5, 0.6) is 0 Å². The van der Waals surface area contributed by atoms with Gasteiger partial charge in [0, 0.05) is 50.4 Å². The average Bonchev–Trinajstić information content (AvgIpc) is 2.68. The van der Waals surface area contributed by atoms with Crippen molar-refractivity contribution in [2.75, 3.05) is 26.3 Å². The minimum Gasteiger partial charge on any atom is -0.378 e. The van der Waals surface area contributed by atoms with Crippen LogP contribution in [0, 0.1) is 5.82 Å². The number of morpholine rings is 1. The molecule has 6 heteroatoms. The summed E-state index contributed by atoms with van der Waals surface area (Å²) in [5.74, 6) is -0.211. The van der Waals surface area contributed by atoms with Gasteiger partial charge in [0.05, 0.1) is 13.2 Å². The fraction of sp³-hybridized carbons (Fsp3) is 0.400. The summed E-state index contributed by atoms with van der Waals surface area (Å²) >= 11 is 0. The van der Waals surface area contributed by atoms with Crippen molar-refractivity contribution < 1.29 is 13.9 Å². The van der Waals surface area contributed by atoms with Crippen molar-refractivity contribution in [3.63, 3.8) is 0 Å². The number of amides is 1. The minimum atomic E-state index is -0.274. The molecule has 1 fully saturated rings. The number of ether oxygens (including phenoxy) is 1. The maximum absolute atomic E-state index is 13.2. The second kappa shape index (κ2) is 9.40. The highest BCUT2D eigenvalue weighted by Gasteiger charge is 2.21. The predicted molar refractivity (Wildman–Crippen MR) is 97.0 cm³/mol. The van der Waals surface area contributed by atoms with Gasteiger partial charge in [0.15, 0.2) is 0 Å². The van der Waals surface area contributed by atoms with E-state index < -0.39 is 0 Å². The van der Waals surface area contributed by atoms with Crippen molar-refractivity contribution in [1.29, 1.82) is 0 Å². The first kappa shape index (κ1) is 18.5. The molecule has 1 aromatic heterocycles. The third kappa shape index (κ3) is 5.61. The number of hydrogen-bond donors (Lipinski definition) is 1. The number of halogens is 1. The molecule has 0 aliphatic carbocycles. The third-order valence-electron chi connectivity index (χ3n) is 4.42. The van der Waals surface area contributed by atoms with Crippen molar-refractivity contribution in [3.05, 3.63) is 65.7 Å². The normalized spacial score (nSPS) is 17.0. The van der Waals surface area contributed by atoms with Crippen LogP contribution in [0.3, 0.4) is 0 Å². The molecule has 0 spiro atoms. The molecule has 26 heavy (non-hydrogen) atoms. The molecule has 138 valence electrons. The zero-order chi connectivity index (χ0) is 18.2. The van der Waals surface area contributed by atoms with E-state index in [1.165, 1.54) is 12.1 Å². The molecule has 5 nitrogen and oxygen atoms in total.